The number of carbonyl (C=O) groups is 1. The summed E-state index contributed by atoms with van der Waals surface area (Å²) in [6, 6.07) is 2.03. The van der Waals surface area contributed by atoms with E-state index in [-0.39, 0.29) is 11.9 Å². The quantitative estimate of drug-likeness (QED) is 0.674. The molecule has 15 heavy (non-hydrogen) atoms. The zero-order chi connectivity index (χ0) is 11.6. The molecule has 0 spiro atoms. The lowest BCUT2D eigenvalue weighted by molar-refractivity contribution is 0.0763. The molecule has 0 aliphatic heterocycles. The molecule has 0 saturated heterocycles. The average Bonchev–Trinajstić information content (AvgIpc) is 2.56. The molecule has 0 aliphatic rings. The van der Waals surface area contributed by atoms with Crippen LogP contribution >= 0.6 is 59.1 Å². The van der Waals surface area contributed by atoms with Crippen LogP contribution in [-0.2, 0) is 0 Å². The summed E-state index contributed by atoms with van der Waals surface area (Å²) in [5, 5.41) is 0.781. The summed E-state index contributed by atoms with van der Waals surface area (Å²) in [5.41, 5.74) is 0. The monoisotopic (exact) mass is 417 g/mol. The van der Waals surface area contributed by atoms with Gasteiger partial charge in [-0.1, -0.05) is 15.9 Å². The molecule has 1 aromatic heterocycles. The third-order valence-electron chi connectivity index (χ3n) is 2.06. The van der Waals surface area contributed by atoms with Crippen molar-refractivity contribution in [3.63, 3.8) is 0 Å². The zero-order valence-electron chi connectivity index (χ0n) is 8.26. The van der Waals surface area contributed by atoms with Gasteiger partial charge in [-0.15, -0.1) is 11.3 Å². The fourth-order valence-electron chi connectivity index (χ4n) is 0.929. The van der Waals surface area contributed by atoms with Crippen LogP contribution in [0.3, 0.4) is 0 Å². The number of carbonyl (C=O) groups excluding carboxylic acids is 1. The van der Waals surface area contributed by atoms with Crippen LogP contribution < -0.4 is 0 Å². The molecule has 0 bridgehead atoms. The van der Waals surface area contributed by atoms with E-state index in [2.05, 4.69) is 47.8 Å². The lowest BCUT2D eigenvalue weighted by Gasteiger charge is -2.22. The van der Waals surface area contributed by atoms with Crippen molar-refractivity contribution in [2.75, 3.05) is 12.4 Å². The van der Waals surface area contributed by atoms with Crippen LogP contribution in [0.15, 0.2) is 14.3 Å². The van der Waals surface area contributed by atoms with E-state index in [4.69, 9.17) is 0 Å². The highest BCUT2D eigenvalue weighted by Crippen LogP contribution is 2.33. The van der Waals surface area contributed by atoms with Gasteiger partial charge < -0.3 is 4.90 Å². The second-order valence-electron chi connectivity index (χ2n) is 3.15. The van der Waals surface area contributed by atoms with Gasteiger partial charge in [-0.2, -0.15) is 0 Å². The fourth-order valence-corrected chi connectivity index (χ4v) is 3.38. The largest absolute Gasteiger partial charge is 0.337 e. The summed E-state index contributed by atoms with van der Waals surface area (Å²) in [4.78, 5) is 14.5. The van der Waals surface area contributed by atoms with Gasteiger partial charge in [0.05, 0.1) is 8.66 Å². The molecule has 1 amide bonds. The van der Waals surface area contributed by atoms with Gasteiger partial charge in [-0.25, -0.2) is 0 Å². The van der Waals surface area contributed by atoms with Crippen LogP contribution in [0, 0.1) is 0 Å². The molecule has 1 heterocycles. The maximum absolute atomic E-state index is 12.0. The molecule has 0 aromatic carbocycles. The van der Waals surface area contributed by atoms with E-state index in [0.717, 1.165) is 18.5 Å². The molecule has 1 aromatic rings. The Labute approximate surface area is 118 Å². The Bertz CT molecular complexity index is 347. The smallest absolute Gasteiger partial charge is 0.264 e. The highest BCUT2D eigenvalue weighted by Gasteiger charge is 2.19. The normalized spacial score (nSPS) is 12.6. The first-order valence-electron chi connectivity index (χ1n) is 4.25. The lowest BCUT2D eigenvalue weighted by Crippen LogP contribution is -2.35. The fraction of sp³-hybridized carbons (Fsp3) is 0.444. The Morgan fingerprint density at radius 2 is 2.20 bits per heavy atom. The van der Waals surface area contributed by atoms with Crippen LogP contribution in [0.1, 0.15) is 16.6 Å². The van der Waals surface area contributed by atoms with Gasteiger partial charge in [0.2, 0.25) is 0 Å². The van der Waals surface area contributed by atoms with E-state index < -0.39 is 0 Å². The van der Waals surface area contributed by atoms with Crippen molar-refractivity contribution in [3.05, 3.63) is 19.2 Å². The molecule has 0 fully saturated rings. The second-order valence-corrected chi connectivity index (χ2v) is 7.02. The first kappa shape index (κ1) is 13.7. The molecule has 0 saturated carbocycles. The van der Waals surface area contributed by atoms with Crippen molar-refractivity contribution < 1.29 is 4.79 Å². The minimum Gasteiger partial charge on any atom is -0.337 e. The lowest BCUT2D eigenvalue weighted by atomic mass is 10.3. The average molecular weight is 420 g/mol. The van der Waals surface area contributed by atoms with E-state index in [0.29, 0.717) is 0 Å². The van der Waals surface area contributed by atoms with E-state index in [1.165, 1.54) is 11.3 Å². The maximum Gasteiger partial charge on any atom is 0.264 e. The van der Waals surface area contributed by atoms with Crippen LogP contribution in [0.25, 0.3) is 0 Å². The van der Waals surface area contributed by atoms with Crippen molar-refractivity contribution >= 4 is 65.0 Å². The number of hydrogen-bond donors (Lipinski definition) is 0. The van der Waals surface area contributed by atoms with Gasteiger partial charge in [0.1, 0.15) is 0 Å². The Morgan fingerprint density at radius 3 is 2.60 bits per heavy atom. The Morgan fingerprint density at radius 1 is 1.60 bits per heavy atom. The molecule has 6 heteroatoms. The van der Waals surface area contributed by atoms with Crippen molar-refractivity contribution in [2.24, 2.45) is 0 Å². The second kappa shape index (κ2) is 5.80. The minimum atomic E-state index is 0.0540. The molecular weight excluding hydrogens is 410 g/mol. The summed E-state index contributed by atoms with van der Waals surface area (Å²) in [6.45, 7) is 2.00. The zero-order valence-corrected chi connectivity index (χ0v) is 13.8. The van der Waals surface area contributed by atoms with Crippen molar-refractivity contribution in [1.29, 1.82) is 0 Å². The third-order valence-corrected chi connectivity index (χ3v) is 6.24. The Kier molecular flexibility index (Phi) is 5.28. The summed E-state index contributed by atoms with van der Waals surface area (Å²) in [5.74, 6) is 0.0540. The van der Waals surface area contributed by atoms with Gasteiger partial charge in [-0.3, -0.25) is 4.79 Å². The first-order chi connectivity index (χ1) is 6.97. The van der Waals surface area contributed by atoms with Gasteiger partial charge in [0.15, 0.2) is 0 Å². The summed E-state index contributed by atoms with van der Waals surface area (Å²) in [7, 11) is 1.82. The van der Waals surface area contributed by atoms with Gasteiger partial charge >= 0.3 is 0 Å². The SMILES string of the molecule is CC(CBr)N(C)C(=O)c1cc(Br)c(Br)s1. The Balaban J connectivity index is 2.85. The summed E-state index contributed by atoms with van der Waals surface area (Å²) >= 11 is 11.6. The highest BCUT2D eigenvalue weighted by atomic mass is 79.9. The minimum absolute atomic E-state index is 0.0540. The van der Waals surface area contributed by atoms with E-state index in [1.54, 1.807) is 4.90 Å². The molecule has 2 nitrogen and oxygen atoms in total. The third kappa shape index (κ3) is 3.28. The maximum atomic E-state index is 12.0. The number of nitrogens with zero attached hydrogens (tertiary/aromatic N) is 1. The number of halogens is 3. The van der Waals surface area contributed by atoms with Crippen LogP contribution in [0.2, 0.25) is 0 Å². The van der Waals surface area contributed by atoms with E-state index in [1.807, 2.05) is 20.0 Å². The number of hydrogen-bond acceptors (Lipinski definition) is 2. The number of thiophene rings is 1. The molecule has 1 rings (SSSR count). The predicted molar refractivity (Wildman–Crippen MR) is 75.1 cm³/mol. The summed E-state index contributed by atoms with van der Waals surface area (Å²) < 4.78 is 1.88. The highest BCUT2D eigenvalue weighted by molar-refractivity contribution is 9.13. The molecule has 0 aliphatic carbocycles. The van der Waals surface area contributed by atoms with E-state index in [9.17, 15) is 4.79 Å². The molecular formula is C9H10Br3NOS. The topological polar surface area (TPSA) is 20.3 Å². The van der Waals surface area contributed by atoms with Crippen LogP contribution in [-0.4, -0.2) is 29.2 Å². The first-order valence-corrected chi connectivity index (χ1v) is 7.77. The number of rotatable bonds is 3. The van der Waals surface area contributed by atoms with Crippen LogP contribution in [0.5, 0.6) is 0 Å². The number of amides is 1. The van der Waals surface area contributed by atoms with Gasteiger partial charge in [0, 0.05) is 22.9 Å². The molecule has 0 N–H and O–H groups in total. The predicted octanol–water partition coefficient (Wildman–Crippen LogP) is 4.13. The van der Waals surface area contributed by atoms with E-state index >= 15 is 0 Å². The number of alkyl halides is 1. The van der Waals surface area contributed by atoms with Crippen LogP contribution in [0.4, 0.5) is 0 Å². The van der Waals surface area contributed by atoms with Crippen molar-refractivity contribution in [1.82, 2.24) is 4.90 Å². The molecule has 1 atom stereocenters. The van der Waals surface area contributed by atoms with Crippen molar-refractivity contribution in [2.45, 2.75) is 13.0 Å². The van der Waals surface area contributed by atoms with Gasteiger partial charge in [-0.05, 0) is 44.8 Å². The standard InChI is InChI=1S/C9H10Br3NOS/c1-5(4-10)13(2)9(14)7-3-6(11)8(12)15-7/h3,5H,4H2,1-2H3. The molecule has 84 valence electrons. The van der Waals surface area contributed by atoms with Gasteiger partial charge in [0.25, 0.3) is 5.91 Å². The Hall–Kier alpha value is 0.610. The summed E-state index contributed by atoms with van der Waals surface area (Å²) in [6.07, 6.45) is 0. The molecule has 0 radical (unpaired) electrons. The van der Waals surface area contributed by atoms with Crippen molar-refractivity contribution in [3.8, 4) is 0 Å². The molecule has 1 unspecified atom stereocenters.